The molecule has 0 aliphatic carbocycles. The molecule has 3 N–H and O–H groups in total. The lowest BCUT2D eigenvalue weighted by molar-refractivity contribution is -0.123. The first-order valence-corrected chi connectivity index (χ1v) is 8.20. The van der Waals surface area contributed by atoms with Gasteiger partial charge in [-0.25, -0.2) is 4.79 Å². The van der Waals surface area contributed by atoms with E-state index in [0.717, 1.165) is 0 Å². The van der Waals surface area contributed by atoms with Gasteiger partial charge in [-0.2, -0.15) is 0 Å². The third-order valence-electron chi connectivity index (χ3n) is 3.53. The summed E-state index contributed by atoms with van der Waals surface area (Å²) in [6.45, 7) is 1.63. The maximum Gasteiger partial charge on any atom is 0.341 e. The number of fused-ring (bicyclic) bond motifs is 1. The van der Waals surface area contributed by atoms with Gasteiger partial charge in [0.1, 0.15) is 0 Å². The Morgan fingerprint density at radius 3 is 2.76 bits per heavy atom. The van der Waals surface area contributed by atoms with Crippen LogP contribution in [0, 0.1) is 0 Å². The van der Waals surface area contributed by atoms with Gasteiger partial charge in [0.05, 0.1) is 5.56 Å². The molecule has 7 nitrogen and oxygen atoms in total. The maximum atomic E-state index is 12.2. The maximum absolute atomic E-state index is 12.2. The summed E-state index contributed by atoms with van der Waals surface area (Å²) in [5.41, 5.74) is 6.75. The largest absolute Gasteiger partial charge is 0.454 e. The van der Waals surface area contributed by atoms with Gasteiger partial charge in [0.25, 0.3) is 5.91 Å². The minimum atomic E-state index is -1.00. The first kappa shape index (κ1) is 17.1. The molecule has 1 unspecified atom stereocenters. The van der Waals surface area contributed by atoms with E-state index in [-0.39, 0.29) is 18.0 Å². The van der Waals surface area contributed by atoms with Crippen LogP contribution in [0.4, 0.5) is 11.4 Å². The topological polar surface area (TPSA) is 99.9 Å². The molecule has 3 rings (SSSR count). The molecule has 0 saturated carbocycles. The van der Waals surface area contributed by atoms with Gasteiger partial charge in [0, 0.05) is 21.9 Å². The fraction of sp³-hybridized carbons (Fsp3) is 0.176. The van der Waals surface area contributed by atoms with Gasteiger partial charge in [0.2, 0.25) is 6.79 Å². The molecule has 0 fully saturated rings. The highest BCUT2D eigenvalue weighted by Crippen LogP contribution is 2.34. The van der Waals surface area contributed by atoms with E-state index >= 15 is 0 Å². The fourth-order valence-corrected chi connectivity index (χ4v) is 2.56. The van der Waals surface area contributed by atoms with Crippen molar-refractivity contribution < 1.29 is 23.8 Å². The van der Waals surface area contributed by atoms with E-state index in [4.69, 9.17) is 19.9 Å². The number of halogens is 1. The molecule has 25 heavy (non-hydrogen) atoms. The lowest BCUT2D eigenvalue weighted by Gasteiger charge is -2.14. The number of nitrogens with one attached hydrogen (secondary N) is 1. The number of nitrogen functional groups attached to an aromatic ring is 1. The van der Waals surface area contributed by atoms with Crippen molar-refractivity contribution in [3.8, 4) is 11.5 Å². The lowest BCUT2D eigenvalue weighted by Crippen LogP contribution is -2.30. The SMILES string of the molecule is CC(OC(=O)c1cc(Br)ccc1N)C(=O)Nc1ccc2c(c1)OCO2. The number of carbonyl (C=O) groups excluding carboxylic acids is 2. The zero-order valence-corrected chi connectivity index (χ0v) is 14.8. The number of esters is 1. The third kappa shape index (κ3) is 3.85. The van der Waals surface area contributed by atoms with Crippen LogP contribution in [0.5, 0.6) is 11.5 Å². The third-order valence-corrected chi connectivity index (χ3v) is 4.02. The molecule has 1 aliphatic heterocycles. The van der Waals surface area contributed by atoms with Gasteiger partial charge in [-0.3, -0.25) is 4.79 Å². The highest BCUT2D eigenvalue weighted by atomic mass is 79.9. The molecule has 0 bridgehead atoms. The number of ether oxygens (including phenoxy) is 3. The number of amides is 1. The summed E-state index contributed by atoms with van der Waals surface area (Å²) in [5, 5.41) is 2.66. The first-order valence-electron chi connectivity index (χ1n) is 7.40. The number of rotatable bonds is 4. The second kappa shape index (κ2) is 7.02. The summed E-state index contributed by atoms with van der Waals surface area (Å²) in [6, 6.07) is 9.84. The van der Waals surface area contributed by atoms with Gasteiger partial charge < -0.3 is 25.3 Å². The molecule has 1 amide bonds. The van der Waals surface area contributed by atoms with Crippen LogP contribution in [0.25, 0.3) is 0 Å². The Bertz CT molecular complexity index is 840. The summed E-state index contributed by atoms with van der Waals surface area (Å²) in [5.74, 6) is 0.0138. The Hall–Kier alpha value is -2.74. The van der Waals surface area contributed by atoms with Crippen molar-refractivity contribution >= 4 is 39.2 Å². The Labute approximate surface area is 152 Å². The van der Waals surface area contributed by atoms with E-state index in [9.17, 15) is 9.59 Å². The van der Waals surface area contributed by atoms with E-state index < -0.39 is 18.0 Å². The average molecular weight is 407 g/mol. The molecule has 0 aromatic heterocycles. The molecular weight excluding hydrogens is 392 g/mol. The average Bonchev–Trinajstić information content (AvgIpc) is 3.04. The monoisotopic (exact) mass is 406 g/mol. The van der Waals surface area contributed by atoms with E-state index in [2.05, 4.69) is 21.2 Å². The van der Waals surface area contributed by atoms with Crippen LogP contribution < -0.4 is 20.5 Å². The zero-order chi connectivity index (χ0) is 18.0. The highest BCUT2D eigenvalue weighted by Gasteiger charge is 2.21. The van der Waals surface area contributed by atoms with Crippen LogP contribution in [0.2, 0.25) is 0 Å². The van der Waals surface area contributed by atoms with Crippen molar-refractivity contribution in [2.75, 3.05) is 17.8 Å². The number of benzene rings is 2. The van der Waals surface area contributed by atoms with Gasteiger partial charge in [-0.15, -0.1) is 0 Å². The summed E-state index contributed by atoms with van der Waals surface area (Å²) in [7, 11) is 0. The van der Waals surface area contributed by atoms with E-state index in [1.165, 1.54) is 6.92 Å². The summed E-state index contributed by atoms with van der Waals surface area (Å²) in [4.78, 5) is 24.4. The van der Waals surface area contributed by atoms with Gasteiger partial charge in [-0.1, -0.05) is 15.9 Å². The quantitative estimate of drug-likeness (QED) is 0.597. The molecule has 0 spiro atoms. The van der Waals surface area contributed by atoms with Crippen molar-refractivity contribution in [1.29, 1.82) is 0 Å². The Balaban J connectivity index is 1.64. The van der Waals surface area contributed by atoms with Gasteiger partial charge >= 0.3 is 5.97 Å². The predicted octanol–water partition coefficient (Wildman–Crippen LogP) is 2.94. The van der Waals surface area contributed by atoms with Crippen molar-refractivity contribution in [3.63, 3.8) is 0 Å². The van der Waals surface area contributed by atoms with Crippen LogP contribution in [-0.4, -0.2) is 24.8 Å². The second-order valence-electron chi connectivity index (χ2n) is 5.34. The molecule has 2 aromatic rings. The number of anilines is 2. The highest BCUT2D eigenvalue weighted by molar-refractivity contribution is 9.10. The van der Waals surface area contributed by atoms with Crippen LogP contribution in [0.1, 0.15) is 17.3 Å². The Morgan fingerprint density at radius 1 is 1.20 bits per heavy atom. The summed E-state index contributed by atoms with van der Waals surface area (Å²) < 4.78 is 16.3. The summed E-state index contributed by atoms with van der Waals surface area (Å²) >= 11 is 3.26. The molecule has 1 heterocycles. The van der Waals surface area contributed by atoms with E-state index in [0.29, 0.717) is 21.7 Å². The smallest absolute Gasteiger partial charge is 0.341 e. The Kier molecular flexibility index (Phi) is 4.80. The minimum absolute atomic E-state index is 0.148. The number of hydrogen-bond donors (Lipinski definition) is 2. The number of hydrogen-bond acceptors (Lipinski definition) is 6. The molecule has 1 aliphatic rings. The van der Waals surface area contributed by atoms with Crippen LogP contribution in [0.3, 0.4) is 0 Å². The second-order valence-corrected chi connectivity index (χ2v) is 6.25. The number of carbonyl (C=O) groups is 2. The van der Waals surface area contributed by atoms with Crippen molar-refractivity contribution in [1.82, 2.24) is 0 Å². The van der Waals surface area contributed by atoms with E-state index in [1.807, 2.05) is 0 Å². The first-order chi connectivity index (χ1) is 11.9. The number of nitrogens with two attached hydrogens (primary N) is 1. The van der Waals surface area contributed by atoms with Crippen molar-refractivity contribution in [2.24, 2.45) is 0 Å². The molecule has 130 valence electrons. The molecule has 2 aromatic carbocycles. The standard InChI is InChI=1S/C17H15BrN2O5/c1-9(25-17(22)12-6-10(18)2-4-13(12)19)16(21)20-11-3-5-14-15(7-11)24-8-23-14/h2-7,9H,8,19H2,1H3,(H,20,21). The molecule has 8 heteroatoms. The molecular formula is C17H15BrN2O5. The van der Waals surface area contributed by atoms with Crippen LogP contribution in [0.15, 0.2) is 40.9 Å². The van der Waals surface area contributed by atoms with Crippen LogP contribution >= 0.6 is 15.9 Å². The normalized spacial score (nSPS) is 13.2. The summed E-state index contributed by atoms with van der Waals surface area (Å²) in [6.07, 6.45) is -1.00. The minimum Gasteiger partial charge on any atom is -0.454 e. The van der Waals surface area contributed by atoms with E-state index in [1.54, 1.807) is 36.4 Å². The molecule has 0 saturated heterocycles. The van der Waals surface area contributed by atoms with Crippen molar-refractivity contribution in [2.45, 2.75) is 13.0 Å². The zero-order valence-electron chi connectivity index (χ0n) is 13.2. The van der Waals surface area contributed by atoms with Gasteiger partial charge in [0.15, 0.2) is 17.6 Å². The van der Waals surface area contributed by atoms with Crippen LogP contribution in [-0.2, 0) is 9.53 Å². The van der Waals surface area contributed by atoms with Crippen molar-refractivity contribution in [3.05, 3.63) is 46.4 Å². The Morgan fingerprint density at radius 2 is 1.96 bits per heavy atom. The fourth-order valence-electron chi connectivity index (χ4n) is 2.20. The molecule has 0 radical (unpaired) electrons. The van der Waals surface area contributed by atoms with Gasteiger partial charge in [-0.05, 0) is 37.3 Å². The molecule has 1 atom stereocenters. The lowest BCUT2D eigenvalue weighted by atomic mass is 10.2. The predicted molar refractivity (Wildman–Crippen MR) is 94.6 cm³/mol.